The van der Waals surface area contributed by atoms with Gasteiger partial charge in [0.25, 0.3) is 5.91 Å². The quantitative estimate of drug-likeness (QED) is 0.860. The average molecular weight is 302 g/mol. The normalized spacial score (nSPS) is 11.3. The molecule has 0 unspecified atom stereocenters. The first-order valence-electron chi connectivity index (χ1n) is 4.78. The van der Waals surface area contributed by atoms with Crippen molar-refractivity contribution in [3.8, 4) is 0 Å². The lowest BCUT2D eigenvalue weighted by atomic mass is 10.3. The molecule has 0 saturated heterocycles. The van der Waals surface area contributed by atoms with Crippen LogP contribution >= 0.6 is 11.5 Å². The van der Waals surface area contributed by atoms with E-state index >= 15 is 0 Å². The van der Waals surface area contributed by atoms with Gasteiger partial charge in [-0.15, -0.1) is 5.10 Å². The lowest BCUT2D eigenvalue weighted by Crippen LogP contribution is -2.16. The third-order valence-electron chi connectivity index (χ3n) is 2.11. The molecule has 0 aliphatic rings. The number of nitrogens with zero attached hydrogens (tertiary/aromatic N) is 2. The Morgan fingerprint density at radius 2 is 2.16 bits per heavy atom. The number of benzene rings is 1. The molecule has 19 heavy (non-hydrogen) atoms. The topological polar surface area (TPSA) is 115 Å². The first-order valence-corrected chi connectivity index (χ1v) is 7.17. The lowest BCUT2D eigenvalue weighted by molar-refractivity contribution is 0.102. The van der Waals surface area contributed by atoms with Gasteiger partial charge in [-0.1, -0.05) is 4.49 Å². The molecule has 0 spiro atoms. The second-order valence-corrected chi connectivity index (χ2v) is 5.60. The van der Waals surface area contributed by atoms with Gasteiger partial charge in [-0.05, 0) is 29.7 Å². The minimum atomic E-state index is -3.98. The summed E-state index contributed by atoms with van der Waals surface area (Å²) in [7, 11) is -3.98. The largest absolute Gasteiger partial charge is 0.318 e. The van der Waals surface area contributed by atoms with E-state index in [4.69, 9.17) is 5.14 Å². The molecule has 1 aromatic heterocycles. The van der Waals surface area contributed by atoms with Crippen LogP contribution in [0.5, 0.6) is 0 Å². The average Bonchev–Trinajstić information content (AvgIpc) is 2.84. The summed E-state index contributed by atoms with van der Waals surface area (Å²) in [6.07, 6.45) is 0. The summed E-state index contributed by atoms with van der Waals surface area (Å²) in [5, 5.41) is 12.0. The predicted molar refractivity (Wildman–Crippen MR) is 65.6 cm³/mol. The van der Waals surface area contributed by atoms with E-state index in [-0.39, 0.29) is 16.3 Å². The zero-order chi connectivity index (χ0) is 14.0. The van der Waals surface area contributed by atoms with Crippen LogP contribution in [0.25, 0.3) is 0 Å². The first kappa shape index (κ1) is 13.5. The highest BCUT2D eigenvalue weighted by atomic mass is 32.2. The van der Waals surface area contributed by atoms with Gasteiger partial charge in [0.2, 0.25) is 10.0 Å². The van der Waals surface area contributed by atoms with E-state index in [0.29, 0.717) is 0 Å². The molecule has 0 atom stereocenters. The lowest BCUT2D eigenvalue weighted by Gasteiger charge is -2.06. The third kappa shape index (κ3) is 3.10. The number of carbonyl (C=O) groups excluding carboxylic acids is 1. The van der Waals surface area contributed by atoms with Crippen molar-refractivity contribution >= 4 is 33.2 Å². The monoisotopic (exact) mass is 302 g/mol. The number of carbonyl (C=O) groups is 1. The van der Waals surface area contributed by atoms with E-state index < -0.39 is 21.7 Å². The molecule has 7 nitrogen and oxygen atoms in total. The van der Waals surface area contributed by atoms with Gasteiger partial charge in [-0.25, -0.2) is 17.9 Å². The van der Waals surface area contributed by atoms with Crippen LogP contribution in [0.1, 0.15) is 10.5 Å². The third-order valence-corrected chi connectivity index (χ3v) is 3.52. The Hall–Kier alpha value is -1.91. The SMILES string of the molecule is NS(=O)(=O)c1ccc(F)c(NC(=O)c2csnn2)c1. The van der Waals surface area contributed by atoms with E-state index in [1.807, 2.05) is 0 Å². The Morgan fingerprint density at radius 1 is 1.42 bits per heavy atom. The first-order chi connectivity index (χ1) is 8.88. The number of aromatic nitrogens is 2. The van der Waals surface area contributed by atoms with E-state index in [0.717, 1.165) is 29.7 Å². The van der Waals surface area contributed by atoms with Crippen LogP contribution in [0.4, 0.5) is 10.1 Å². The summed E-state index contributed by atoms with van der Waals surface area (Å²) < 4.78 is 39.2. The van der Waals surface area contributed by atoms with Crippen LogP contribution in [0.15, 0.2) is 28.5 Å². The number of amides is 1. The van der Waals surface area contributed by atoms with E-state index in [1.165, 1.54) is 5.38 Å². The standard InChI is InChI=1S/C9H7FN4O3S2/c10-6-2-1-5(19(11,16)17)3-7(6)12-9(15)8-4-18-14-13-8/h1-4H,(H,12,15)(H2,11,16,17). The summed E-state index contributed by atoms with van der Waals surface area (Å²) >= 11 is 0.959. The molecule has 0 aliphatic heterocycles. The Kier molecular flexibility index (Phi) is 3.55. The van der Waals surface area contributed by atoms with Gasteiger partial charge >= 0.3 is 0 Å². The van der Waals surface area contributed by atoms with Crippen LogP contribution in [0, 0.1) is 5.82 Å². The zero-order valence-electron chi connectivity index (χ0n) is 9.20. The van der Waals surface area contributed by atoms with Crippen molar-refractivity contribution < 1.29 is 17.6 Å². The number of anilines is 1. The molecule has 0 radical (unpaired) electrons. The molecule has 1 heterocycles. The van der Waals surface area contributed by atoms with Crippen molar-refractivity contribution in [3.63, 3.8) is 0 Å². The maximum absolute atomic E-state index is 13.5. The van der Waals surface area contributed by atoms with Gasteiger partial charge in [0.05, 0.1) is 10.6 Å². The Bertz CT molecular complexity index is 715. The molecular formula is C9H7FN4O3S2. The molecule has 3 N–H and O–H groups in total. The molecule has 0 fully saturated rings. The summed E-state index contributed by atoms with van der Waals surface area (Å²) in [5.74, 6) is -1.48. The van der Waals surface area contributed by atoms with Crippen LogP contribution in [0.3, 0.4) is 0 Å². The maximum Gasteiger partial charge on any atom is 0.277 e. The van der Waals surface area contributed by atoms with Crippen molar-refractivity contribution in [2.45, 2.75) is 4.90 Å². The molecule has 0 saturated carbocycles. The van der Waals surface area contributed by atoms with Gasteiger partial charge in [0.1, 0.15) is 5.82 Å². The van der Waals surface area contributed by atoms with Crippen molar-refractivity contribution in [2.24, 2.45) is 5.14 Å². The van der Waals surface area contributed by atoms with Crippen molar-refractivity contribution in [1.29, 1.82) is 0 Å². The number of hydrogen-bond donors (Lipinski definition) is 2. The van der Waals surface area contributed by atoms with E-state index in [9.17, 15) is 17.6 Å². The van der Waals surface area contributed by atoms with Crippen molar-refractivity contribution in [2.75, 3.05) is 5.32 Å². The molecule has 2 rings (SSSR count). The summed E-state index contributed by atoms with van der Waals surface area (Å²) in [4.78, 5) is 11.3. The van der Waals surface area contributed by atoms with Gasteiger partial charge in [0.15, 0.2) is 5.69 Å². The molecule has 100 valence electrons. The fourth-order valence-electron chi connectivity index (χ4n) is 1.23. The van der Waals surface area contributed by atoms with E-state index in [1.54, 1.807) is 0 Å². The number of nitrogens with one attached hydrogen (secondary N) is 1. The fourth-order valence-corrected chi connectivity index (χ4v) is 2.20. The summed E-state index contributed by atoms with van der Waals surface area (Å²) in [6.45, 7) is 0. The molecule has 1 aromatic carbocycles. The van der Waals surface area contributed by atoms with Gasteiger partial charge in [-0.2, -0.15) is 0 Å². The number of primary sulfonamides is 1. The highest BCUT2D eigenvalue weighted by Gasteiger charge is 2.15. The Morgan fingerprint density at radius 3 is 2.74 bits per heavy atom. The van der Waals surface area contributed by atoms with Crippen molar-refractivity contribution in [3.05, 3.63) is 35.1 Å². The molecule has 1 amide bonds. The Balaban J connectivity index is 2.32. The molecular weight excluding hydrogens is 295 g/mol. The second kappa shape index (κ2) is 4.99. The number of nitrogens with two attached hydrogens (primary N) is 1. The minimum Gasteiger partial charge on any atom is -0.318 e. The van der Waals surface area contributed by atoms with Crippen LogP contribution in [-0.2, 0) is 10.0 Å². The summed E-state index contributed by atoms with van der Waals surface area (Å²) in [5.41, 5.74) is -0.296. The highest BCUT2D eigenvalue weighted by Crippen LogP contribution is 2.19. The number of sulfonamides is 1. The molecule has 0 aliphatic carbocycles. The zero-order valence-corrected chi connectivity index (χ0v) is 10.8. The van der Waals surface area contributed by atoms with Crippen molar-refractivity contribution in [1.82, 2.24) is 9.59 Å². The number of hydrogen-bond acceptors (Lipinski definition) is 6. The van der Waals surface area contributed by atoms with Gasteiger partial charge < -0.3 is 5.32 Å². The van der Waals surface area contributed by atoms with Crippen LogP contribution < -0.4 is 10.5 Å². The summed E-state index contributed by atoms with van der Waals surface area (Å²) in [6, 6.07) is 2.84. The molecule has 10 heteroatoms. The smallest absolute Gasteiger partial charge is 0.277 e. The predicted octanol–water partition coefficient (Wildman–Crippen LogP) is 0.577. The second-order valence-electron chi connectivity index (χ2n) is 3.43. The molecule has 0 bridgehead atoms. The van der Waals surface area contributed by atoms with E-state index in [2.05, 4.69) is 14.9 Å². The van der Waals surface area contributed by atoms with Gasteiger partial charge in [0, 0.05) is 5.38 Å². The minimum absolute atomic E-state index is 0.00501. The van der Waals surface area contributed by atoms with Gasteiger partial charge in [-0.3, -0.25) is 4.79 Å². The van der Waals surface area contributed by atoms with Crippen LogP contribution in [0.2, 0.25) is 0 Å². The maximum atomic E-state index is 13.5. The fraction of sp³-hybridized carbons (Fsp3) is 0. The highest BCUT2D eigenvalue weighted by molar-refractivity contribution is 7.89. The number of halogens is 1. The van der Waals surface area contributed by atoms with Crippen LogP contribution in [-0.4, -0.2) is 23.9 Å². The molecule has 2 aromatic rings. The number of rotatable bonds is 3. The Labute approximate surface area is 111 Å².